The lowest BCUT2D eigenvalue weighted by molar-refractivity contribution is -0.119. The average Bonchev–Trinajstić information content (AvgIpc) is 2.70. The van der Waals surface area contributed by atoms with Crippen LogP contribution in [0.5, 0.6) is 5.75 Å². The third-order valence-corrected chi connectivity index (χ3v) is 5.18. The number of amides is 1. The van der Waals surface area contributed by atoms with Crippen molar-refractivity contribution in [3.8, 4) is 5.75 Å². The quantitative estimate of drug-likeness (QED) is 0.786. The summed E-state index contributed by atoms with van der Waals surface area (Å²) >= 11 is 0. The van der Waals surface area contributed by atoms with Gasteiger partial charge in [-0.25, -0.2) is 0 Å². The van der Waals surface area contributed by atoms with Crippen molar-refractivity contribution in [3.63, 3.8) is 0 Å². The fourth-order valence-electron chi connectivity index (χ4n) is 3.66. The molecule has 1 aliphatic rings. The van der Waals surface area contributed by atoms with Crippen molar-refractivity contribution in [2.75, 3.05) is 56.2 Å². The van der Waals surface area contributed by atoms with Crippen molar-refractivity contribution >= 4 is 17.3 Å². The van der Waals surface area contributed by atoms with Gasteiger partial charge in [0.25, 0.3) is 0 Å². The lowest BCUT2D eigenvalue weighted by Crippen LogP contribution is -2.50. The van der Waals surface area contributed by atoms with E-state index in [1.54, 1.807) is 7.11 Å². The number of benzene rings is 2. The number of hydrogen-bond acceptors (Lipinski definition) is 4. The monoisotopic (exact) mass is 367 g/mol. The Labute approximate surface area is 162 Å². The van der Waals surface area contributed by atoms with E-state index in [2.05, 4.69) is 28.9 Å². The number of anilines is 2. The minimum Gasteiger partial charge on any atom is -0.495 e. The molecule has 0 spiro atoms. The number of carbonyl (C=O) groups excluding carboxylic acids is 1. The van der Waals surface area contributed by atoms with Crippen LogP contribution in [0.2, 0.25) is 0 Å². The molecule has 1 fully saturated rings. The first-order chi connectivity index (χ1) is 13.1. The highest BCUT2D eigenvalue weighted by Gasteiger charge is 2.23. The molecule has 2 aromatic rings. The Hall–Kier alpha value is -2.53. The minimum absolute atomic E-state index is 0.164. The van der Waals surface area contributed by atoms with Crippen LogP contribution in [-0.2, 0) is 4.79 Å². The molecule has 0 unspecified atom stereocenters. The number of piperazine rings is 1. The zero-order valence-electron chi connectivity index (χ0n) is 16.5. The van der Waals surface area contributed by atoms with Gasteiger partial charge < -0.3 is 14.5 Å². The van der Waals surface area contributed by atoms with E-state index in [0.717, 1.165) is 48.9 Å². The summed E-state index contributed by atoms with van der Waals surface area (Å²) in [5.41, 5.74) is 3.27. The number of rotatable bonds is 6. The number of ether oxygens (including phenoxy) is 1. The van der Waals surface area contributed by atoms with Crippen LogP contribution in [0, 0.1) is 6.92 Å². The van der Waals surface area contributed by atoms with Gasteiger partial charge in [0.1, 0.15) is 5.75 Å². The molecular formula is C22H29N3O2. The van der Waals surface area contributed by atoms with Crippen LogP contribution in [0.1, 0.15) is 12.5 Å². The van der Waals surface area contributed by atoms with Crippen LogP contribution in [0.4, 0.5) is 11.4 Å². The molecule has 1 saturated heterocycles. The standard InChI is InChI=1S/C22H29N3O2/c1-4-25(19-10-6-5-9-18(19)2)22(26)17-23-13-15-24(16-14-23)20-11-7-8-12-21(20)27-3/h5-12H,4,13-17H2,1-3H3. The Bertz CT molecular complexity index is 770. The number of hydrogen-bond donors (Lipinski definition) is 0. The maximum absolute atomic E-state index is 12.9. The molecular weight excluding hydrogens is 338 g/mol. The summed E-state index contributed by atoms with van der Waals surface area (Å²) in [7, 11) is 1.71. The predicted octanol–water partition coefficient (Wildman–Crippen LogP) is 3.18. The van der Waals surface area contributed by atoms with Crippen molar-refractivity contribution in [3.05, 3.63) is 54.1 Å². The average molecular weight is 367 g/mol. The van der Waals surface area contributed by atoms with Gasteiger partial charge in [-0.2, -0.15) is 0 Å². The molecule has 3 rings (SSSR count). The Morgan fingerprint density at radius 3 is 2.37 bits per heavy atom. The van der Waals surface area contributed by atoms with E-state index >= 15 is 0 Å². The molecule has 0 radical (unpaired) electrons. The molecule has 1 heterocycles. The van der Waals surface area contributed by atoms with Crippen LogP contribution in [0.15, 0.2) is 48.5 Å². The largest absolute Gasteiger partial charge is 0.495 e. The van der Waals surface area contributed by atoms with E-state index in [0.29, 0.717) is 13.1 Å². The van der Waals surface area contributed by atoms with Crippen LogP contribution in [-0.4, -0.2) is 57.2 Å². The molecule has 5 heteroatoms. The van der Waals surface area contributed by atoms with Gasteiger partial charge in [0.2, 0.25) is 5.91 Å². The van der Waals surface area contributed by atoms with E-state index < -0.39 is 0 Å². The molecule has 144 valence electrons. The zero-order valence-corrected chi connectivity index (χ0v) is 16.5. The first-order valence-electron chi connectivity index (χ1n) is 9.60. The summed E-state index contributed by atoms with van der Waals surface area (Å²) in [6, 6.07) is 16.2. The number of methoxy groups -OCH3 is 1. The van der Waals surface area contributed by atoms with E-state index in [4.69, 9.17) is 4.74 Å². The molecule has 0 bridgehead atoms. The highest BCUT2D eigenvalue weighted by atomic mass is 16.5. The van der Waals surface area contributed by atoms with Gasteiger partial charge in [-0.1, -0.05) is 30.3 Å². The van der Waals surface area contributed by atoms with Gasteiger partial charge in [-0.3, -0.25) is 9.69 Å². The summed E-state index contributed by atoms with van der Waals surface area (Å²) in [5, 5.41) is 0. The highest BCUT2D eigenvalue weighted by Crippen LogP contribution is 2.28. The fraction of sp³-hybridized carbons (Fsp3) is 0.409. The zero-order chi connectivity index (χ0) is 19.2. The summed E-state index contributed by atoms with van der Waals surface area (Å²) in [5.74, 6) is 1.07. The summed E-state index contributed by atoms with van der Waals surface area (Å²) < 4.78 is 5.48. The van der Waals surface area contributed by atoms with Gasteiger partial charge in [-0.05, 0) is 37.6 Å². The fourth-order valence-corrected chi connectivity index (χ4v) is 3.66. The SMILES string of the molecule is CCN(C(=O)CN1CCN(c2ccccc2OC)CC1)c1ccccc1C. The molecule has 0 aromatic heterocycles. The second kappa shape index (κ2) is 8.91. The molecule has 1 amide bonds. The smallest absolute Gasteiger partial charge is 0.241 e. The number of nitrogens with zero attached hydrogens (tertiary/aromatic N) is 3. The Kier molecular flexibility index (Phi) is 6.35. The molecule has 1 aliphatic heterocycles. The molecule has 2 aromatic carbocycles. The van der Waals surface area contributed by atoms with E-state index in [-0.39, 0.29) is 5.91 Å². The topological polar surface area (TPSA) is 36.0 Å². The van der Waals surface area contributed by atoms with Gasteiger partial charge in [0.05, 0.1) is 19.3 Å². The molecule has 0 aliphatic carbocycles. The molecule has 0 saturated carbocycles. The van der Waals surface area contributed by atoms with Gasteiger partial charge in [0, 0.05) is 38.4 Å². The lowest BCUT2D eigenvalue weighted by Gasteiger charge is -2.37. The second-order valence-electron chi connectivity index (χ2n) is 6.86. The number of carbonyl (C=O) groups is 1. The maximum Gasteiger partial charge on any atom is 0.241 e. The highest BCUT2D eigenvalue weighted by molar-refractivity contribution is 5.95. The van der Waals surface area contributed by atoms with Crippen molar-refractivity contribution in [1.29, 1.82) is 0 Å². The van der Waals surface area contributed by atoms with Crippen LogP contribution in [0.3, 0.4) is 0 Å². The van der Waals surface area contributed by atoms with Gasteiger partial charge in [0.15, 0.2) is 0 Å². The van der Waals surface area contributed by atoms with E-state index in [9.17, 15) is 4.79 Å². The first-order valence-corrected chi connectivity index (χ1v) is 9.60. The van der Waals surface area contributed by atoms with Gasteiger partial charge in [-0.15, -0.1) is 0 Å². The maximum atomic E-state index is 12.9. The molecule has 27 heavy (non-hydrogen) atoms. The minimum atomic E-state index is 0.164. The number of aryl methyl sites for hydroxylation is 1. The predicted molar refractivity (Wildman–Crippen MR) is 111 cm³/mol. The molecule has 5 nitrogen and oxygen atoms in total. The third kappa shape index (κ3) is 4.42. The summed E-state index contributed by atoms with van der Waals surface area (Å²) in [6.45, 7) is 8.76. The Morgan fingerprint density at radius 2 is 1.70 bits per heavy atom. The first kappa shape index (κ1) is 19.2. The van der Waals surface area contributed by atoms with Crippen molar-refractivity contribution in [2.24, 2.45) is 0 Å². The van der Waals surface area contributed by atoms with E-state index in [1.807, 2.05) is 48.2 Å². The van der Waals surface area contributed by atoms with Gasteiger partial charge >= 0.3 is 0 Å². The summed E-state index contributed by atoms with van der Waals surface area (Å²) in [6.07, 6.45) is 0. The number of likely N-dealkylation sites (N-methyl/N-ethyl adjacent to an activating group) is 1. The lowest BCUT2D eigenvalue weighted by atomic mass is 10.1. The third-order valence-electron chi connectivity index (χ3n) is 5.18. The van der Waals surface area contributed by atoms with Crippen molar-refractivity contribution < 1.29 is 9.53 Å². The van der Waals surface area contributed by atoms with E-state index in [1.165, 1.54) is 0 Å². The van der Waals surface area contributed by atoms with Crippen LogP contribution < -0.4 is 14.5 Å². The van der Waals surface area contributed by atoms with Crippen LogP contribution in [0.25, 0.3) is 0 Å². The molecule has 0 N–H and O–H groups in total. The number of para-hydroxylation sites is 3. The van der Waals surface area contributed by atoms with Crippen LogP contribution >= 0.6 is 0 Å². The van der Waals surface area contributed by atoms with Crippen molar-refractivity contribution in [2.45, 2.75) is 13.8 Å². The summed E-state index contributed by atoms with van der Waals surface area (Å²) in [4.78, 5) is 19.4. The normalized spacial score (nSPS) is 14.9. The Balaban J connectivity index is 1.60. The molecule has 0 atom stereocenters. The van der Waals surface area contributed by atoms with Crippen molar-refractivity contribution in [1.82, 2.24) is 4.90 Å². The second-order valence-corrected chi connectivity index (χ2v) is 6.86. The Morgan fingerprint density at radius 1 is 1.04 bits per heavy atom.